The summed E-state index contributed by atoms with van der Waals surface area (Å²) in [5, 5.41) is 58.1. The van der Waals surface area contributed by atoms with Gasteiger partial charge in [0.2, 0.25) is 11.7 Å². The summed E-state index contributed by atoms with van der Waals surface area (Å²) < 4.78 is 74.0. The van der Waals surface area contributed by atoms with E-state index in [0.29, 0.717) is 17.6 Å². The fourth-order valence-electron chi connectivity index (χ4n) is 11.2. The van der Waals surface area contributed by atoms with Crippen molar-refractivity contribution in [1.29, 1.82) is 0 Å². The molecule has 20 unspecified atom stereocenters. The molecule has 22 nitrogen and oxygen atoms in total. The third-order valence-corrected chi connectivity index (χ3v) is 16.3. The maximum atomic E-state index is 14.9. The number of carbonyl (C=O) groups is 4. The second-order valence-electron chi connectivity index (χ2n) is 23.1. The van der Waals surface area contributed by atoms with Crippen molar-refractivity contribution in [3.63, 3.8) is 0 Å². The number of esters is 1. The van der Waals surface area contributed by atoms with Gasteiger partial charge in [0, 0.05) is 78.1 Å². The van der Waals surface area contributed by atoms with E-state index in [1.165, 1.54) is 33.5 Å². The topological polar surface area (TPSA) is 292 Å². The van der Waals surface area contributed by atoms with E-state index >= 15 is 0 Å². The first kappa shape index (κ1) is 72.6. The second kappa shape index (κ2) is 35.3. The highest BCUT2D eigenvalue weighted by atomic mass is 16.7. The number of rotatable bonds is 31. The number of carboxylic acid groups (broad SMARTS) is 1. The maximum Gasteiger partial charge on any atom is 0.328 e. The largest absolute Gasteiger partial charge is 0.478 e. The number of methoxy groups -OCH3 is 4. The average Bonchev–Trinajstić information content (AvgIpc) is 1.29. The highest BCUT2D eigenvalue weighted by molar-refractivity contribution is 5.82. The van der Waals surface area contributed by atoms with Crippen LogP contribution in [0.2, 0.25) is 0 Å². The van der Waals surface area contributed by atoms with Crippen LogP contribution in [0, 0.1) is 17.3 Å². The van der Waals surface area contributed by atoms with Crippen molar-refractivity contribution in [3.8, 4) is 0 Å². The molecule has 4 aliphatic rings. The molecule has 4 heterocycles. The van der Waals surface area contributed by atoms with Crippen molar-refractivity contribution >= 4 is 23.6 Å². The van der Waals surface area contributed by atoms with Crippen molar-refractivity contribution in [2.45, 2.75) is 204 Å². The third kappa shape index (κ3) is 20.7. The predicted octanol–water partition coefficient (Wildman–Crippen LogP) is 5.69. The molecule has 4 saturated heterocycles. The Morgan fingerprint density at radius 1 is 0.782 bits per heavy atom. The lowest BCUT2D eigenvalue weighted by Gasteiger charge is -2.54. The molecule has 4 aliphatic heterocycles. The molecule has 0 spiro atoms. The molecule has 0 aliphatic carbocycles. The van der Waals surface area contributed by atoms with Crippen LogP contribution >= 0.6 is 0 Å². The number of nitrogens with one attached hydrogen (secondary N) is 1. The number of benzene rings is 1. The van der Waals surface area contributed by atoms with Gasteiger partial charge in [0.15, 0.2) is 25.0 Å². The van der Waals surface area contributed by atoms with Crippen LogP contribution in [0.15, 0.2) is 115 Å². The van der Waals surface area contributed by atoms with Gasteiger partial charge in [-0.15, -0.1) is 0 Å². The molecule has 6 N–H and O–H groups in total. The zero-order chi connectivity index (χ0) is 64.0. The number of allylic oxidation sites excluding steroid dienone is 9. The van der Waals surface area contributed by atoms with E-state index in [2.05, 4.69) is 5.32 Å². The summed E-state index contributed by atoms with van der Waals surface area (Å²) in [5.41, 5.74) is 0.0847. The van der Waals surface area contributed by atoms with Crippen molar-refractivity contribution < 1.29 is 102 Å². The lowest BCUT2D eigenvalue weighted by atomic mass is 9.71. The van der Waals surface area contributed by atoms with Crippen LogP contribution in [0.25, 0.3) is 0 Å². The average molecular weight is 1230 g/mol. The predicted molar refractivity (Wildman–Crippen MR) is 319 cm³/mol. The summed E-state index contributed by atoms with van der Waals surface area (Å²) in [7, 11) is 6.10. The fourth-order valence-corrected chi connectivity index (χ4v) is 11.2. The molecular formula is C65H95NO21. The number of carbonyl (C=O) groups excluding carboxylic acids is 3. The first-order chi connectivity index (χ1) is 41.4. The standard InChI is InChI=1S/C65H95NO21/c1-13-14-19-30-51-64(7,8)61(73)62(84-53(71)33-44-27-20-18-21-28-44)65(75,87-51)46(63(74)66-32-25-24-26-39(2)58(79-12)40(3)47(68)34-45(67)29-22-16-15-17-23-31-52(69)70)38-80-54-36-49(77-10)59(42(5)82-54)86-56-37-50(78-11)60(43(6)83-56)85-55-35-48(76-9)57(72)41(4)81-55/h13-28,30-31,40-43,45-46,48-51,54-62,67,72-73,75H,29,32-38H2,1-12H3,(H,66,74)(H,69,70). The van der Waals surface area contributed by atoms with Gasteiger partial charge >= 0.3 is 11.9 Å². The van der Waals surface area contributed by atoms with Gasteiger partial charge in [0.1, 0.15) is 36.1 Å². The molecule has 0 aromatic heterocycles. The van der Waals surface area contributed by atoms with Crippen LogP contribution in [0.5, 0.6) is 0 Å². The molecule has 1 aromatic carbocycles. The summed E-state index contributed by atoms with van der Waals surface area (Å²) in [5.74, 6) is -7.97. The summed E-state index contributed by atoms with van der Waals surface area (Å²) in [4.78, 5) is 52.7. The van der Waals surface area contributed by atoms with Crippen molar-refractivity contribution in [3.05, 3.63) is 120 Å². The van der Waals surface area contributed by atoms with Gasteiger partial charge in [0.05, 0.1) is 68.0 Å². The Bertz CT molecular complexity index is 2530. The number of aliphatic hydroxyl groups is 4. The molecule has 486 valence electrons. The number of hydrogen-bond donors (Lipinski definition) is 6. The minimum absolute atomic E-state index is 0.0816. The molecule has 4 fully saturated rings. The van der Waals surface area contributed by atoms with Crippen LogP contribution in [0.1, 0.15) is 93.1 Å². The quantitative estimate of drug-likeness (QED) is 0.0295. The lowest BCUT2D eigenvalue weighted by Crippen LogP contribution is -2.71. The van der Waals surface area contributed by atoms with E-state index in [0.717, 1.165) is 6.08 Å². The van der Waals surface area contributed by atoms with Crippen LogP contribution < -0.4 is 5.32 Å². The van der Waals surface area contributed by atoms with E-state index in [9.17, 15) is 39.6 Å². The molecule has 1 amide bonds. The number of amides is 1. The second-order valence-corrected chi connectivity index (χ2v) is 23.1. The molecule has 87 heavy (non-hydrogen) atoms. The zero-order valence-corrected chi connectivity index (χ0v) is 52.3. The number of ketones is 1. The number of carboxylic acids is 1. The fraction of sp³-hybridized carbons (Fsp3) is 0.631. The molecule has 5 rings (SSSR count). The Labute approximate surface area is 512 Å². The molecule has 0 radical (unpaired) electrons. The van der Waals surface area contributed by atoms with Gasteiger partial charge in [-0.1, -0.05) is 124 Å². The first-order valence-electron chi connectivity index (χ1n) is 29.8. The molecule has 0 bridgehead atoms. The number of aliphatic carboxylic acids is 1. The molecule has 20 atom stereocenters. The van der Waals surface area contributed by atoms with E-state index in [-0.39, 0.29) is 44.4 Å². The highest BCUT2D eigenvalue weighted by Gasteiger charge is 2.63. The number of hydrogen-bond acceptors (Lipinski definition) is 20. The highest BCUT2D eigenvalue weighted by Crippen LogP contribution is 2.46. The van der Waals surface area contributed by atoms with E-state index in [1.807, 2.05) is 13.8 Å². The number of Topliss-reactive ketones (excluding diaryl/α,β-unsaturated/α-hetero) is 1. The van der Waals surface area contributed by atoms with Crippen molar-refractivity contribution in [2.75, 3.05) is 41.6 Å². The van der Waals surface area contributed by atoms with E-state index < -0.39 is 152 Å². The lowest BCUT2D eigenvalue weighted by molar-refractivity contribution is -0.368. The smallest absolute Gasteiger partial charge is 0.328 e. The Hall–Kier alpha value is -5.12. The number of ether oxygens (including phenoxy) is 12. The van der Waals surface area contributed by atoms with Crippen molar-refractivity contribution in [2.24, 2.45) is 17.3 Å². The van der Waals surface area contributed by atoms with E-state index in [4.69, 9.17) is 61.9 Å². The summed E-state index contributed by atoms with van der Waals surface area (Å²) in [6, 6.07) is 8.79. The van der Waals surface area contributed by atoms with Crippen LogP contribution in [-0.2, 0) is 82.4 Å². The zero-order valence-electron chi connectivity index (χ0n) is 52.3. The van der Waals surface area contributed by atoms with Crippen LogP contribution in [0.4, 0.5) is 0 Å². The Kier molecular flexibility index (Phi) is 29.5. The number of aliphatic hydroxyl groups excluding tert-OH is 3. The SMILES string of the molecule is CC=CC=CC1OC(O)(C(COC2CC(OC)C(OC3CC(OC)C(OC4CC(OC)C(O)C(C)O4)C(C)O3)C(C)O2)C(=O)NCC=CC=C(C)C(OC)C(C)C(=O)CC(O)CC=CC=CC=CC(=O)O)C(OC(=O)Cc2ccccc2)C(O)C1(C)C. The van der Waals surface area contributed by atoms with Gasteiger partial charge in [-0.25, -0.2) is 4.79 Å². The summed E-state index contributed by atoms with van der Waals surface area (Å²) in [6.07, 6.45) is 7.17. The summed E-state index contributed by atoms with van der Waals surface area (Å²) >= 11 is 0. The van der Waals surface area contributed by atoms with Gasteiger partial charge in [-0.3, -0.25) is 14.4 Å². The summed E-state index contributed by atoms with van der Waals surface area (Å²) in [6.45, 7) is 13.4. The van der Waals surface area contributed by atoms with Crippen LogP contribution in [0.3, 0.4) is 0 Å². The molecular weight excluding hydrogens is 1130 g/mol. The minimum Gasteiger partial charge on any atom is -0.478 e. The Balaban J connectivity index is 1.35. The van der Waals surface area contributed by atoms with Gasteiger partial charge in [0.25, 0.3) is 0 Å². The maximum absolute atomic E-state index is 14.9. The Morgan fingerprint density at radius 3 is 1.99 bits per heavy atom. The minimum atomic E-state index is -2.73. The Morgan fingerprint density at radius 2 is 1.38 bits per heavy atom. The third-order valence-electron chi connectivity index (χ3n) is 16.3. The molecule has 22 heteroatoms. The van der Waals surface area contributed by atoms with Crippen LogP contribution in [-0.4, -0.2) is 201 Å². The first-order valence-corrected chi connectivity index (χ1v) is 29.8. The van der Waals surface area contributed by atoms with E-state index in [1.54, 1.807) is 140 Å². The van der Waals surface area contributed by atoms with Crippen molar-refractivity contribution in [1.82, 2.24) is 5.32 Å². The van der Waals surface area contributed by atoms with Gasteiger partial charge < -0.3 is 87.7 Å². The monoisotopic (exact) mass is 1230 g/mol. The normalized spacial score (nSPS) is 33.1. The molecule has 0 saturated carbocycles. The van der Waals surface area contributed by atoms with Gasteiger partial charge in [-0.2, -0.15) is 0 Å². The molecule has 1 aromatic rings. The van der Waals surface area contributed by atoms with Gasteiger partial charge in [-0.05, 0) is 52.2 Å².